The molecule has 0 heterocycles. The Morgan fingerprint density at radius 3 is 0.855 bits per heavy atom. The molecule has 0 spiro atoms. The van der Waals surface area contributed by atoms with Crippen LogP contribution in [-0.4, -0.2) is 37.2 Å². The summed E-state index contributed by atoms with van der Waals surface area (Å²) in [5.74, 6) is -0.878. The zero-order chi connectivity index (χ0) is 55.0. The molecule has 6 heteroatoms. The van der Waals surface area contributed by atoms with Gasteiger partial charge in [0.15, 0.2) is 6.10 Å². The third kappa shape index (κ3) is 61.4. The zero-order valence-corrected chi connectivity index (χ0v) is 50.3. The van der Waals surface area contributed by atoms with Crippen molar-refractivity contribution in [3.63, 3.8) is 0 Å². The number of carbonyl (C=O) groups is 3. The Labute approximate surface area is 471 Å². The molecule has 0 aliphatic carbocycles. The van der Waals surface area contributed by atoms with E-state index in [1.807, 2.05) is 0 Å². The predicted molar refractivity (Wildman–Crippen MR) is 330 cm³/mol. The van der Waals surface area contributed by atoms with Crippen molar-refractivity contribution in [3.05, 3.63) is 85.1 Å². The van der Waals surface area contributed by atoms with Gasteiger partial charge in [0.1, 0.15) is 13.2 Å². The van der Waals surface area contributed by atoms with Crippen molar-refractivity contribution in [1.82, 2.24) is 0 Å². The monoisotopic (exact) mass is 1060 g/mol. The van der Waals surface area contributed by atoms with Crippen LogP contribution in [0.15, 0.2) is 85.1 Å². The number of allylic oxidation sites excluding steroid dienone is 14. The van der Waals surface area contributed by atoms with Crippen molar-refractivity contribution in [2.24, 2.45) is 0 Å². The minimum atomic E-state index is -0.781. The van der Waals surface area contributed by atoms with E-state index in [1.54, 1.807) is 0 Å². The molecule has 0 aliphatic rings. The number of hydrogen-bond acceptors (Lipinski definition) is 6. The Balaban J connectivity index is 4.23. The van der Waals surface area contributed by atoms with Crippen molar-refractivity contribution in [2.45, 2.75) is 329 Å². The number of esters is 3. The van der Waals surface area contributed by atoms with Gasteiger partial charge in [-0.15, -0.1) is 0 Å². The van der Waals surface area contributed by atoms with Gasteiger partial charge in [0.25, 0.3) is 0 Å². The van der Waals surface area contributed by atoms with Crippen molar-refractivity contribution >= 4 is 17.9 Å². The van der Waals surface area contributed by atoms with Gasteiger partial charge in [-0.2, -0.15) is 0 Å². The third-order valence-corrected chi connectivity index (χ3v) is 14.1. The lowest BCUT2D eigenvalue weighted by Crippen LogP contribution is -2.30. The van der Waals surface area contributed by atoms with Gasteiger partial charge in [-0.3, -0.25) is 14.4 Å². The Bertz CT molecular complexity index is 1450. The molecule has 0 bridgehead atoms. The van der Waals surface area contributed by atoms with Crippen LogP contribution in [0, 0.1) is 0 Å². The van der Waals surface area contributed by atoms with Crippen LogP contribution in [-0.2, 0) is 28.6 Å². The molecule has 0 radical (unpaired) electrons. The summed E-state index contributed by atoms with van der Waals surface area (Å²) >= 11 is 0. The van der Waals surface area contributed by atoms with Crippen LogP contribution in [0.25, 0.3) is 0 Å². The summed E-state index contributed by atoms with van der Waals surface area (Å²) in [6, 6.07) is 0. The van der Waals surface area contributed by atoms with E-state index in [0.29, 0.717) is 19.3 Å². The molecule has 1 unspecified atom stereocenters. The first-order chi connectivity index (χ1) is 37.5. The predicted octanol–water partition coefficient (Wildman–Crippen LogP) is 22.3. The van der Waals surface area contributed by atoms with Gasteiger partial charge >= 0.3 is 17.9 Å². The molecule has 1 atom stereocenters. The molecule has 0 aromatic heterocycles. The summed E-state index contributed by atoms with van der Waals surface area (Å²) in [7, 11) is 0. The van der Waals surface area contributed by atoms with Gasteiger partial charge < -0.3 is 14.2 Å². The van der Waals surface area contributed by atoms with Crippen LogP contribution in [0.1, 0.15) is 323 Å². The van der Waals surface area contributed by atoms with E-state index in [1.165, 1.54) is 167 Å². The molecule has 76 heavy (non-hydrogen) atoms. The third-order valence-electron chi connectivity index (χ3n) is 14.1. The van der Waals surface area contributed by atoms with Gasteiger partial charge in [-0.1, -0.05) is 298 Å². The van der Waals surface area contributed by atoms with Crippen molar-refractivity contribution in [1.29, 1.82) is 0 Å². The molecular formula is C70H122O6. The summed E-state index contributed by atoms with van der Waals surface area (Å²) < 4.78 is 16.9. The number of unbranched alkanes of at least 4 members (excludes halogenated alkanes) is 34. The molecule has 6 nitrogen and oxygen atoms in total. The number of rotatable bonds is 59. The molecule has 0 aromatic carbocycles. The van der Waals surface area contributed by atoms with Crippen molar-refractivity contribution < 1.29 is 28.6 Å². The molecule has 0 aliphatic heterocycles. The Morgan fingerprint density at radius 2 is 0.539 bits per heavy atom. The van der Waals surface area contributed by atoms with E-state index in [-0.39, 0.29) is 31.1 Å². The smallest absolute Gasteiger partial charge is 0.306 e. The average Bonchev–Trinajstić information content (AvgIpc) is 3.42. The first-order valence-corrected chi connectivity index (χ1v) is 32.6. The highest BCUT2D eigenvalue weighted by Crippen LogP contribution is 2.17. The lowest BCUT2D eigenvalue weighted by Gasteiger charge is -2.18. The van der Waals surface area contributed by atoms with Gasteiger partial charge in [-0.05, 0) is 89.9 Å². The molecule has 0 aromatic rings. The number of hydrogen-bond donors (Lipinski definition) is 0. The Kier molecular flexibility index (Phi) is 61.2. The fourth-order valence-electron chi connectivity index (χ4n) is 9.27. The van der Waals surface area contributed by atoms with Gasteiger partial charge in [0.05, 0.1) is 0 Å². The van der Waals surface area contributed by atoms with E-state index in [0.717, 1.165) is 116 Å². The van der Waals surface area contributed by atoms with Crippen LogP contribution < -0.4 is 0 Å². The van der Waals surface area contributed by atoms with Gasteiger partial charge in [-0.25, -0.2) is 0 Å². The van der Waals surface area contributed by atoms with E-state index < -0.39 is 6.10 Å². The van der Waals surface area contributed by atoms with Crippen LogP contribution in [0.2, 0.25) is 0 Å². The first-order valence-electron chi connectivity index (χ1n) is 32.6. The molecule has 0 saturated carbocycles. The lowest BCUT2D eigenvalue weighted by molar-refractivity contribution is -0.167. The van der Waals surface area contributed by atoms with Crippen LogP contribution in [0.4, 0.5) is 0 Å². The Morgan fingerprint density at radius 1 is 0.276 bits per heavy atom. The maximum Gasteiger partial charge on any atom is 0.306 e. The second kappa shape index (κ2) is 64.1. The molecule has 0 fully saturated rings. The molecule has 0 rings (SSSR count). The highest BCUT2D eigenvalue weighted by Gasteiger charge is 2.19. The molecule has 0 saturated heterocycles. The highest BCUT2D eigenvalue weighted by atomic mass is 16.6. The summed E-state index contributed by atoms with van der Waals surface area (Å²) in [6.45, 7) is 6.49. The lowest BCUT2D eigenvalue weighted by atomic mass is 10.0. The Hall–Kier alpha value is -3.41. The van der Waals surface area contributed by atoms with Crippen LogP contribution in [0.3, 0.4) is 0 Å². The molecule has 0 amide bonds. The maximum absolute atomic E-state index is 12.9. The van der Waals surface area contributed by atoms with Gasteiger partial charge in [0.2, 0.25) is 0 Å². The standard InChI is InChI=1S/C70H122O6/c1-4-7-10-13-16-19-22-25-27-29-30-31-32-33-34-35-36-37-38-39-40-41-43-45-48-51-54-57-60-63-69(72)75-66-67(65-74-68(71)62-59-56-53-50-47-44-24-21-18-15-12-9-6-3)76-70(73)64-61-58-55-52-49-46-42-28-26-23-20-17-14-11-8-5-2/h7,10,12,15-16,19,21,24-25,27,30-31,33-34,67H,4-6,8-9,11,13-14,17-18,20,22-23,26,28-29,32,35-66H2,1-3H3/b10-7-,15-12-,19-16-,24-21-,27-25-,31-30-,34-33-. The van der Waals surface area contributed by atoms with Crippen LogP contribution in [0.5, 0.6) is 0 Å². The SMILES string of the molecule is CC/C=C\C/C=C\C/C=C\C/C=C\C/C=C\CCCCCCCCCCCCCCCC(=O)OCC(COC(=O)CCCCCCC/C=C\C/C=C\CCC)OC(=O)CCCCCCCCCCCCCCCCCC. The van der Waals surface area contributed by atoms with Crippen molar-refractivity contribution in [3.8, 4) is 0 Å². The summed E-state index contributed by atoms with van der Waals surface area (Å²) in [4.78, 5) is 38.3. The second-order valence-electron chi connectivity index (χ2n) is 21.6. The minimum Gasteiger partial charge on any atom is -0.462 e. The number of ether oxygens (including phenoxy) is 3. The van der Waals surface area contributed by atoms with E-state index >= 15 is 0 Å². The molecular weight excluding hydrogens is 937 g/mol. The second-order valence-corrected chi connectivity index (χ2v) is 21.6. The topological polar surface area (TPSA) is 78.9 Å². The fourth-order valence-corrected chi connectivity index (χ4v) is 9.27. The number of carbonyl (C=O) groups excluding carboxylic acids is 3. The summed E-state index contributed by atoms with van der Waals surface area (Å²) in [5, 5.41) is 0. The molecule has 438 valence electrons. The minimum absolute atomic E-state index is 0.0780. The first kappa shape index (κ1) is 72.6. The molecule has 0 N–H and O–H groups in total. The highest BCUT2D eigenvalue weighted by molar-refractivity contribution is 5.71. The average molecular weight is 1060 g/mol. The van der Waals surface area contributed by atoms with Crippen LogP contribution >= 0.6 is 0 Å². The maximum atomic E-state index is 12.9. The van der Waals surface area contributed by atoms with Gasteiger partial charge in [0, 0.05) is 19.3 Å². The summed E-state index contributed by atoms with van der Waals surface area (Å²) in [5.41, 5.74) is 0. The normalized spacial score (nSPS) is 12.6. The van der Waals surface area contributed by atoms with Crippen molar-refractivity contribution in [2.75, 3.05) is 13.2 Å². The van der Waals surface area contributed by atoms with E-state index in [2.05, 4.69) is 106 Å². The van der Waals surface area contributed by atoms with E-state index in [9.17, 15) is 14.4 Å². The largest absolute Gasteiger partial charge is 0.462 e. The zero-order valence-electron chi connectivity index (χ0n) is 50.3. The quantitative estimate of drug-likeness (QED) is 0.0261. The summed E-state index contributed by atoms with van der Waals surface area (Å²) in [6.07, 6.45) is 84.5. The van der Waals surface area contributed by atoms with E-state index in [4.69, 9.17) is 14.2 Å². The fraction of sp³-hybridized carbons (Fsp3) is 0.757.